The average molecular weight is 936 g/mol. The molecule has 3 aromatic carbocycles. The molecule has 68 heavy (non-hydrogen) atoms. The first-order valence-electron chi connectivity index (χ1n) is 23.7. The number of carbonyl (C=O) groups excluding carboxylic acids is 8. The molecular formula is C51H69N9O8. The van der Waals surface area contributed by atoms with Gasteiger partial charge in [0.2, 0.25) is 29.5 Å². The number of rotatable bonds is 21. The second-order valence-corrected chi connectivity index (χ2v) is 18.1. The molecule has 0 saturated carbocycles. The van der Waals surface area contributed by atoms with Gasteiger partial charge >= 0.3 is 0 Å². The zero-order valence-electron chi connectivity index (χ0n) is 40.5. The van der Waals surface area contributed by atoms with Gasteiger partial charge in [0.15, 0.2) is 5.78 Å². The molecule has 0 radical (unpaired) electrons. The molecule has 2 saturated heterocycles. The third-order valence-electron chi connectivity index (χ3n) is 13.2. The number of nitrogens with zero attached hydrogens (tertiary/aromatic N) is 2. The van der Waals surface area contributed by atoms with Gasteiger partial charge in [-0.25, -0.2) is 0 Å². The van der Waals surface area contributed by atoms with E-state index >= 15 is 0 Å². The zero-order valence-corrected chi connectivity index (χ0v) is 40.5. The smallest absolute Gasteiger partial charge is 0.251 e. The van der Waals surface area contributed by atoms with Crippen molar-refractivity contribution in [1.82, 2.24) is 47.0 Å². The summed E-state index contributed by atoms with van der Waals surface area (Å²) in [5.41, 5.74) is 2.25. The number of nitrogens with one attached hydrogen (secondary N) is 7. The fraction of sp³-hybridized carbons (Fsp3) is 0.490. The van der Waals surface area contributed by atoms with Crippen LogP contribution in [0.5, 0.6) is 0 Å². The van der Waals surface area contributed by atoms with Crippen molar-refractivity contribution in [2.45, 2.75) is 134 Å². The van der Waals surface area contributed by atoms with Crippen LogP contribution in [0.3, 0.4) is 0 Å². The molecule has 366 valence electrons. The lowest BCUT2D eigenvalue weighted by Gasteiger charge is -2.33. The predicted octanol–water partition coefficient (Wildman–Crippen LogP) is 2.73. The van der Waals surface area contributed by atoms with Crippen LogP contribution >= 0.6 is 0 Å². The van der Waals surface area contributed by atoms with Crippen LogP contribution in [0.1, 0.15) is 117 Å². The highest BCUT2D eigenvalue weighted by Gasteiger charge is 2.42. The van der Waals surface area contributed by atoms with Gasteiger partial charge in [0.1, 0.15) is 18.1 Å². The molecule has 2 aliphatic rings. The predicted molar refractivity (Wildman–Crippen MR) is 258 cm³/mol. The van der Waals surface area contributed by atoms with Gasteiger partial charge in [-0.1, -0.05) is 67.6 Å². The molecule has 0 spiro atoms. The van der Waals surface area contributed by atoms with E-state index in [1.54, 1.807) is 41.8 Å². The molecule has 17 heteroatoms. The number of hydrogen-bond acceptors (Lipinski definition) is 10. The Kier molecular flexibility index (Phi) is 18.9. The number of hydrogen-bond donors (Lipinski definition) is 7. The van der Waals surface area contributed by atoms with Crippen LogP contribution in [0.2, 0.25) is 0 Å². The lowest BCUT2D eigenvalue weighted by molar-refractivity contribution is -0.142. The number of likely N-dealkylation sites (tertiary alicyclic amines) is 2. The number of ketones is 1. The standard InChI is InChI=1S/C51H69N9O8/c1-30(36-17-11-9-12-18-36)29-42(61)40-21-15-27-59(40)50(67)43(57-45(62)34(5)52-7)32(3)55-47(64)38-23-25-39(26-24-38)48(65)56-33(4)44(58-46(63)35(6)53-8)51(68)60-28-16-22-41(60)49(66)54-31(2)37-19-13-10-14-20-37/h9-14,17-20,23-26,30-35,40-41,43-44,52-53H,15-16,21-22,27-29H2,1-8H3,(H,54,66)(H,55,64)(H,56,65)(H,57,62)(H,58,63)/t30-,31+,32-,33-,34-,35-,40-,41-,43-,44-/m0/s1. The minimum absolute atomic E-state index is 0.0583. The molecule has 7 N–H and O–H groups in total. The Morgan fingerprint density at radius 2 is 0.941 bits per heavy atom. The minimum atomic E-state index is -1.23. The van der Waals surface area contributed by atoms with Crippen molar-refractivity contribution < 1.29 is 38.4 Å². The number of likely N-dealkylation sites (N-methyl/N-ethyl adjacent to an activating group) is 2. The Bertz CT molecular complexity index is 2090. The summed E-state index contributed by atoms with van der Waals surface area (Å²) >= 11 is 0. The minimum Gasteiger partial charge on any atom is -0.348 e. The molecule has 3 aromatic rings. The highest BCUT2D eigenvalue weighted by Crippen LogP contribution is 2.27. The first-order chi connectivity index (χ1) is 32.4. The van der Waals surface area contributed by atoms with Gasteiger partial charge in [-0.05, 0) is 116 Å². The van der Waals surface area contributed by atoms with Gasteiger partial charge in [-0.2, -0.15) is 0 Å². The number of carbonyl (C=O) groups is 8. The van der Waals surface area contributed by atoms with Crippen LogP contribution in [0, 0.1) is 0 Å². The van der Waals surface area contributed by atoms with E-state index in [1.165, 1.54) is 34.1 Å². The summed E-state index contributed by atoms with van der Waals surface area (Å²) in [5, 5.41) is 20.0. The first kappa shape index (κ1) is 52.5. The largest absolute Gasteiger partial charge is 0.348 e. The third-order valence-corrected chi connectivity index (χ3v) is 13.2. The second kappa shape index (κ2) is 24.5. The van der Waals surface area contributed by atoms with E-state index in [2.05, 4.69) is 37.2 Å². The van der Waals surface area contributed by atoms with Crippen molar-refractivity contribution in [3.8, 4) is 0 Å². The van der Waals surface area contributed by atoms with Crippen molar-refractivity contribution in [2.75, 3.05) is 27.2 Å². The van der Waals surface area contributed by atoms with Crippen LogP contribution in [0.15, 0.2) is 84.9 Å². The SMILES string of the molecule is CN[C@@H](C)C(=O)N[C@H](C(=O)N1CCC[C@H]1C(=O)C[C@H](C)c1ccccc1)[C@H](C)NC(=O)c1ccc(C(=O)N[C@@H](C)[C@H](NC(=O)[C@H](C)NC)C(=O)N2CCC[C@H]2C(=O)N[C@H](C)c2ccccc2)cc1. The van der Waals surface area contributed by atoms with E-state index in [1.807, 2.05) is 74.5 Å². The fourth-order valence-electron chi connectivity index (χ4n) is 8.64. The second-order valence-electron chi connectivity index (χ2n) is 18.1. The Labute approximate surface area is 399 Å². The molecule has 0 unspecified atom stereocenters. The summed E-state index contributed by atoms with van der Waals surface area (Å²) in [6.45, 7) is 10.9. The highest BCUT2D eigenvalue weighted by atomic mass is 16.2. The first-order valence-corrected chi connectivity index (χ1v) is 23.7. The van der Waals surface area contributed by atoms with Crippen molar-refractivity contribution >= 4 is 47.1 Å². The van der Waals surface area contributed by atoms with E-state index in [0.717, 1.165) is 11.1 Å². The van der Waals surface area contributed by atoms with Gasteiger partial charge < -0.3 is 47.0 Å². The molecule has 2 aliphatic heterocycles. The molecule has 5 rings (SSSR count). The van der Waals surface area contributed by atoms with Crippen molar-refractivity contribution in [2.24, 2.45) is 0 Å². The maximum absolute atomic E-state index is 14.3. The van der Waals surface area contributed by atoms with E-state index in [0.29, 0.717) is 32.2 Å². The van der Waals surface area contributed by atoms with E-state index in [9.17, 15) is 38.4 Å². The number of benzene rings is 3. The third kappa shape index (κ3) is 13.4. The Morgan fingerprint density at radius 3 is 1.38 bits per heavy atom. The van der Waals surface area contributed by atoms with E-state index < -0.39 is 83.8 Å². The molecular weight excluding hydrogens is 867 g/mol. The number of amides is 7. The summed E-state index contributed by atoms with van der Waals surface area (Å²) in [4.78, 5) is 113. The van der Waals surface area contributed by atoms with Gasteiger partial charge in [0, 0.05) is 30.6 Å². The van der Waals surface area contributed by atoms with Crippen molar-refractivity contribution in [3.63, 3.8) is 0 Å². The van der Waals surface area contributed by atoms with Crippen LogP contribution in [-0.2, 0) is 28.8 Å². The van der Waals surface area contributed by atoms with Gasteiger partial charge in [0.25, 0.3) is 11.8 Å². The van der Waals surface area contributed by atoms with Crippen LogP contribution in [-0.4, -0.2) is 132 Å². The molecule has 10 atom stereocenters. The van der Waals surface area contributed by atoms with Crippen LogP contribution in [0.4, 0.5) is 0 Å². The Morgan fingerprint density at radius 1 is 0.529 bits per heavy atom. The normalized spacial score (nSPS) is 19.2. The van der Waals surface area contributed by atoms with Crippen molar-refractivity contribution in [1.29, 1.82) is 0 Å². The molecule has 17 nitrogen and oxygen atoms in total. The van der Waals surface area contributed by atoms with E-state index in [-0.39, 0.29) is 47.7 Å². The monoisotopic (exact) mass is 936 g/mol. The fourth-order valence-corrected chi connectivity index (χ4v) is 8.64. The summed E-state index contributed by atoms with van der Waals surface area (Å²) in [5.74, 6) is -3.54. The quantitative estimate of drug-likeness (QED) is 0.0827. The molecule has 0 aliphatic carbocycles. The maximum atomic E-state index is 14.3. The molecule has 2 fully saturated rings. The molecule has 0 bridgehead atoms. The molecule has 2 heterocycles. The average Bonchev–Trinajstić information content (AvgIpc) is 4.06. The highest BCUT2D eigenvalue weighted by molar-refractivity contribution is 6.00. The zero-order chi connectivity index (χ0) is 49.7. The maximum Gasteiger partial charge on any atom is 0.251 e. The summed E-state index contributed by atoms with van der Waals surface area (Å²) in [7, 11) is 3.22. The number of Topliss-reactive ketones (excluding diaryl/α,β-unsaturated/α-hetero) is 1. The van der Waals surface area contributed by atoms with Gasteiger partial charge in [0.05, 0.1) is 36.3 Å². The topological polar surface area (TPSA) is 227 Å². The Hall–Kier alpha value is -6.46. The van der Waals surface area contributed by atoms with Gasteiger partial charge in [-0.3, -0.25) is 38.4 Å². The van der Waals surface area contributed by atoms with Crippen LogP contribution in [0.25, 0.3) is 0 Å². The molecule has 0 aromatic heterocycles. The lowest BCUT2D eigenvalue weighted by Crippen LogP contribution is -2.62. The summed E-state index contributed by atoms with van der Waals surface area (Å²) in [6.07, 6.45) is 2.36. The molecule has 7 amide bonds. The Balaban J connectivity index is 1.26. The van der Waals surface area contributed by atoms with Crippen LogP contribution < -0.4 is 37.2 Å². The van der Waals surface area contributed by atoms with Gasteiger partial charge in [-0.15, -0.1) is 0 Å². The van der Waals surface area contributed by atoms with Crippen molar-refractivity contribution in [3.05, 3.63) is 107 Å². The van der Waals surface area contributed by atoms with E-state index in [4.69, 9.17) is 0 Å². The summed E-state index contributed by atoms with van der Waals surface area (Å²) in [6, 6.07) is 17.5. The lowest BCUT2D eigenvalue weighted by atomic mass is 9.92. The summed E-state index contributed by atoms with van der Waals surface area (Å²) < 4.78 is 0.